The van der Waals surface area contributed by atoms with Crippen LogP contribution in [0.15, 0.2) is 0 Å². The van der Waals surface area contributed by atoms with E-state index in [4.69, 9.17) is 11.6 Å². The van der Waals surface area contributed by atoms with Gasteiger partial charge in [0.1, 0.15) is 0 Å². The largest absolute Gasteiger partial charge is 0.390 e. The van der Waals surface area contributed by atoms with Gasteiger partial charge in [-0.3, -0.25) is 0 Å². The van der Waals surface area contributed by atoms with Crippen molar-refractivity contribution < 1.29 is 13.5 Å². The van der Waals surface area contributed by atoms with E-state index in [1.54, 1.807) is 6.92 Å². The molecule has 1 rings (SSSR count). The van der Waals surface area contributed by atoms with Crippen molar-refractivity contribution in [3.8, 4) is 0 Å². The highest BCUT2D eigenvalue weighted by atomic mass is 35.5. The molecule has 0 aromatic heterocycles. The smallest absolute Gasteiger partial charge is 0.171 e. The van der Waals surface area contributed by atoms with Crippen LogP contribution in [0.5, 0.6) is 0 Å². The molecule has 1 saturated carbocycles. The van der Waals surface area contributed by atoms with Crippen LogP contribution in [0.3, 0.4) is 0 Å². The van der Waals surface area contributed by atoms with E-state index >= 15 is 0 Å². The molecule has 0 aromatic rings. The molecule has 3 nitrogen and oxygen atoms in total. The first-order chi connectivity index (χ1) is 5.83. The molecule has 0 spiro atoms. The third-order valence-electron chi connectivity index (χ3n) is 2.61. The quantitative estimate of drug-likeness (QED) is 0.732. The van der Waals surface area contributed by atoms with Crippen LogP contribution in [0.1, 0.15) is 26.2 Å². The van der Waals surface area contributed by atoms with Crippen molar-refractivity contribution in [1.82, 2.24) is 0 Å². The molecule has 13 heavy (non-hydrogen) atoms. The summed E-state index contributed by atoms with van der Waals surface area (Å²) in [6, 6.07) is 0. The molecule has 1 aliphatic rings. The normalized spacial score (nSPS) is 25.2. The highest BCUT2D eigenvalue weighted by Crippen LogP contribution is 2.43. The molecule has 0 heterocycles. The Labute approximate surface area is 84.0 Å². The molecule has 0 radical (unpaired) electrons. The number of rotatable bonds is 4. The summed E-state index contributed by atoms with van der Waals surface area (Å²) in [6.45, 7) is 1.68. The summed E-state index contributed by atoms with van der Waals surface area (Å²) in [5, 5.41) is 9.73. The molecule has 0 bridgehead atoms. The Morgan fingerprint density at radius 1 is 1.62 bits per heavy atom. The number of aliphatic hydroxyl groups excluding tert-OH is 1. The molecule has 2 atom stereocenters. The van der Waals surface area contributed by atoms with E-state index in [9.17, 15) is 13.5 Å². The average Bonchev–Trinajstić information content (AvgIpc) is 2.81. The Balaban J connectivity index is 2.91. The monoisotopic (exact) mass is 226 g/mol. The van der Waals surface area contributed by atoms with E-state index in [1.807, 2.05) is 0 Å². The fraction of sp³-hybridized carbons (Fsp3) is 1.00. The maximum atomic E-state index is 11.4. The van der Waals surface area contributed by atoms with Crippen molar-refractivity contribution in [1.29, 1.82) is 0 Å². The Hall–Kier alpha value is 0.200. The van der Waals surface area contributed by atoms with Crippen molar-refractivity contribution in [2.75, 3.05) is 6.26 Å². The molecule has 1 aliphatic carbocycles. The van der Waals surface area contributed by atoms with Crippen molar-refractivity contribution in [2.24, 2.45) is 5.92 Å². The molecule has 1 N–H and O–H groups in total. The van der Waals surface area contributed by atoms with Gasteiger partial charge >= 0.3 is 0 Å². The Morgan fingerprint density at radius 3 is 2.31 bits per heavy atom. The van der Waals surface area contributed by atoms with Crippen molar-refractivity contribution in [2.45, 2.75) is 36.5 Å². The van der Waals surface area contributed by atoms with Crippen LogP contribution < -0.4 is 0 Å². The highest BCUT2D eigenvalue weighted by molar-refractivity contribution is 7.93. The first-order valence-electron chi connectivity index (χ1n) is 4.39. The zero-order chi connectivity index (χ0) is 10.3. The van der Waals surface area contributed by atoms with Crippen LogP contribution in [0, 0.1) is 5.92 Å². The zero-order valence-electron chi connectivity index (χ0n) is 7.83. The summed E-state index contributed by atoms with van der Waals surface area (Å²) in [6.07, 6.45) is 2.16. The summed E-state index contributed by atoms with van der Waals surface area (Å²) in [7, 11) is -3.40. The highest BCUT2D eigenvalue weighted by Gasteiger charge is 2.50. The van der Waals surface area contributed by atoms with E-state index in [0.29, 0.717) is 0 Å². The maximum absolute atomic E-state index is 11.4. The van der Waals surface area contributed by atoms with Gasteiger partial charge in [0.25, 0.3) is 0 Å². The second-order valence-corrected chi connectivity index (χ2v) is 6.87. The van der Waals surface area contributed by atoms with Gasteiger partial charge in [-0.05, 0) is 25.2 Å². The number of aliphatic hydroxyl groups is 1. The molecule has 0 saturated heterocycles. The van der Waals surface area contributed by atoms with Gasteiger partial charge in [-0.1, -0.05) is 18.5 Å². The number of hydrogen-bond acceptors (Lipinski definition) is 3. The number of alkyl halides is 1. The first-order valence-corrected chi connectivity index (χ1v) is 6.66. The van der Waals surface area contributed by atoms with Crippen LogP contribution in [0.4, 0.5) is 0 Å². The standard InChI is InChI=1S/C8H15ClO3S/c1-3-8(9,13(2,11)12)7(10)6-4-5-6/h6-7,10H,3-5H2,1-2H3/t7-,8+/m0/s1. The third-order valence-corrected chi connectivity index (χ3v) is 5.70. The van der Waals surface area contributed by atoms with Gasteiger partial charge in [-0.25, -0.2) is 8.42 Å². The van der Waals surface area contributed by atoms with Crippen LogP contribution in [0.2, 0.25) is 0 Å². The Bertz CT molecular complexity index is 284. The summed E-state index contributed by atoms with van der Waals surface area (Å²) < 4.78 is 21.3. The van der Waals surface area contributed by atoms with E-state index in [-0.39, 0.29) is 12.3 Å². The minimum absolute atomic E-state index is 0.0761. The molecule has 0 aliphatic heterocycles. The van der Waals surface area contributed by atoms with Gasteiger partial charge in [0, 0.05) is 6.26 Å². The predicted molar refractivity (Wildman–Crippen MR) is 52.4 cm³/mol. The van der Waals surface area contributed by atoms with E-state index in [1.165, 1.54) is 0 Å². The maximum Gasteiger partial charge on any atom is 0.171 e. The summed E-state index contributed by atoms with van der Waals surface area (Å²) >= 11 is 5.95. The van der Waals surface area contributed by atoms with Crippen LogP contribution in [-0.2, 0) is 9.84 Å². The SMILES string of the molecule is CC[C@](Cl)([C@@H](O)C1CC1)S(C)(=O)=O. The summed E-state index contributed by atoms with van der Waals surface area (Å²) in [4.78, 5) is 0. The van der Waals surface area contributed by atoms with Crippen molar-refractivity contribution >= 4 is 21.4 Å². The minimum Gasteiger partial charge on any atom is -0.390 e. The minimum atomic E-state index is -3.40. The van der Waals surface area contributed by atoms with Crippen molar-refractivity contribution in [3.63, 3.8) is 0 Å². The lowest BCUT2D eigenvalue weighted by Crippen LogP contribution is -2.44. The predicted octanol–water partition coefficient (Wildman–Crippen LogP) is 1.15. The summed E-state index contributed by atoms with van der Waals surface area (Å²) in [5.74, 6) is 0.0761. The molecule has 0 aromatic carbocycles. The molecule has 1 fully saturated rings. The van der Waals surface area contributed by atoms with Gasteiger partial charge in [-0.15, -0.1) is 0 Å². The van der Waals surface area contributed by atoms with Gasteiger partial charge < -0.3 is 5.11 Å². The van der Waals surface area contributed by atoms with Crippen LogP contribution in [0.25, 0.3) is 0 Å². The zero-order valence-corrected chi connectivity index (χ0v) is 9.40. The fourth-order valence-electron chi connectivity index (χ4n) is 1.45. The van der Waals surface area contributed by atoms with Gasteiger partial charge in [0.2, 0.25) is 0 Å². The molecule has 0 amide bonds. The number of hydrogen-bond donors (Lipinski definition) is 1. The number of halogens is 1. The second kappa shape index (κ2) is 3.41. The van der Waals surface area contributed by atoms with E-state index in [0.717, 1.165) is 19.1 Å². The molecular weight excluding hydrogens is 212 g/mol. The first kappa shape index (κ1) is 11.3. The number of sulfone groups is 1. The lowest BCUT2D eigenvalue weighted by atomic mass is 10.1. The Morgan fingerprint density at radius 2 is 2.08 bits per heavy atom. The molecular formula is C8H15ClO3S. The molecule has 5 heteroatoms. The van der Waals surface area contributed by atoms with Gasteiger partial charge in [-0.2, -0.15) is 0 Å². The van der Waals surface area contributed by atoms with Crippen molar-refractivity contribution in [3.05, 3.63) is 0 Å². The second-order valence-electron chi connectivity index (χ2n) is 3.69. The lowest BCUT2D eigenvalue weighted by molar-refractivity contribution is 0.130. The van der Waals surface area contributed by atoms with E-state index in [2.05, 4.69) is 0 Å². The van der Waals surface area contributed by atoms with E-state index < -0.39 is 20.1 Å². The summed E-state index contributed by atoms with van der Waals surface area (Å²) in [5.41, 5.74) is 0. The van der Waals surface area contributed by atoms with Gasteiger partial charge in [0.05, 0.1) is 6.10 Å². The average molecular weight is 227 g/mol. The Kier molecular flexibility index (Phi) is 2.95. The molecule has 78 valence electrons. The lowest BCUT2D eigenvalue weighted by Gasteiger charge is -2.29. The fourth-order valence-corrected chi connectivity index (χ4v) is 2.79. The van der Waals surface area contributed by atoms with Crippen LogP contribution in [-0.4, -0.2) is 30.1 Å². The van der Waals surface area contributed by atoms with Gasteiger partial charge in [0.15, 0.2) is 14.0 Å². The molecule has 0 unspecified atom stereocenters. The third kappa shape index (κ3) is 2.00. The van der Waals surface area contributed by atoms with Crippen LogP contribution >= 0.6 is 11.6 Å². The topological polar surface area (TPSA) is 54.4 Å².